The van der Waals surface area contributed by atoms with E-state index in [-0.39, 0.29) is 5.82 Å². The van der Waals surface area contributed by atoms with Crippen LogP contribution in [-0.4, -0.2) is 16.5 Å². The first-order valence-corrected chi connectivity index (χ1v) is 7.57. The Balaban J connectivity index is 1.98. The van der Waals surface area contributed by atoms with Gasteiger partial charge < -0.3 is 10.6 Å². The fourth-order valence-corrected chi connectivity index (χ4v) is 2.20. The molecule has 0 unspecified atom stereocenters. The molecule has 2 N–H and O–H groups in total. The van der Waals surface area contributed by atoms with Crippen LogP contribution in [0.3, 0.4) is 0 Å². The summed E-state index contributed by atoms with van der Waals surface area (Å²) in [4.78, 5) is 8.99. The van der Waals surface area contributed by atoms with Gasteiger partial charge in [0.1, 0.15) is 17.5 Å². The van der Waals surface area contributed by atoms with Crippen molar-refractivity contribution in [2.75, 3.05) is 17.2 Å². The molecule has 0 radical (unpaired) electrons. The van der Waals surface area contributed by atoms with E-state index in [0.717, 1.165) is 5.56 Å². The van der Waals surface area contributed by atoms with Crippen molar-refractivity contribution < 1.29 is 4.39 Å². The molecule has 0 saturated carbocycles. The topological polar surface area (TPSA) is 49.8 Å². The van der Waals surface area contributed by atoms with E-state index in [1.54, 1.807) is 30.3 Å². The van der Waals surface area contributed by atoms with Gasteiger partial charge in [0.2, 0.25) is 0 Å². The summed E-state index contributed by atoms with van der Waals surface area (Å²) in [5.74, 6) is 1.38. The van der Waals surface area contributed by atoms with Crippen LogP contribution < -0.4 is 10.6 Å². The van der Waals surface area contributed by atoms with E-state index in [2.05, 4.69) is 27.2 Å². The van der Waals surface area contributed by atoms with E-state index in [4.69, 9.17) is 0 Å². The summed E-state index contributed by atoms with van der Waals surface area (Å²) in [6.07, 6.45) is 1.74. The molecule has 5 heteroatoms. The monoisotopic (exact) mass is 320 g/mol. The molecule has 1 heterocycles. The molecule has 0 aliphatic rings. The Morgan fingerprint density at radius 1 is 0.958 bits per heavy atom. The van der Waals surface area contributed by atoms with Crippen LogP contribution in [0.25, 0.3) is 11.4 Å². The first kappa shape index (κ1) is 15.7. The zero-order valence-electron chi connectivity index (χ0n) is 13.0. The number of nitrogens with zero attached hydrogens (tertiary/aromatic N) is 2. The quantitative estimate of drug-likeness (QED) is 0.650. The maximum Gasteiger partial charge on any atom is 0.163 e. The fraction of sp³-hybridized carbons (Fsp3) is 0.0526. The third kappa shape index (κ3) is 3.76. The number of hydrogen-bond acceptors (Lipinski definition) is 4. The number of para-hydroxylation sites is 1. The maximum absolute atomic E-state index is 13.9. The lowest BCUT2D eigenvalue weighted by Gasteiger charge is -2.11. The molecule has 0 atom stereocenters. The van der Waals surface area contributed by atoms with Gasteiger partial charge in [-0.2, -0.15) is 0 Å². The molecule has 0 spiro atoms. The minimum Gasteiger partial charge on any atom is -0.366 e. The highest BCUT2D eigenvalue weighted by molar-refractivity contribution is 5.65. The molecule has 0 bridgehead atoms. The van der Waals surface area contributed by atoms with Gasteiger partial charge in [-0.1, -0.05) is 48.5 Å². The van der Waals surface area contributed by atoms with Crippen LogP contribution in [-0.2, 0) is 0 Å². The molecule has 3 rings (SSSR count). The first-order valence-electron chi connectivity index (χ1n) is 7.57. The van der Waals surface area contributed by atoms with Gasteiger partial charge in [-0.15, -0.1) is 6.58 Å². The normalized spacial score (nSPS) is 10.2. The van der Waals surface area contributed by atoms with Crippen molar-refractivity contribution >= 4 is 17.3 Å². The summed E-state index contributed by atoms with van der Waals surface area (Å²) < 4.78 is 13.9. The minimum absolute atomic E-state index is 0.335. The van der Waals surface area contributed by atoms with Gasteiger partial charge in [-0.05, 0) is 12.1 Å². The van der Waals surface area contributed by atoms with Gasteiger partial charge in [0, 0.05) is 18.2 Å². The molecule has 0 fully saturated rings. The first-order chi connectivity index (χ1) is 11.8. The Morgan fingerprint density at radius 2 is 1.67 bits per heavy atom. The van der Waals surface area contributed by atoms with Crippen molar-refractivity contribution in [1.82, 2.24) is 9.97 Å². The Labute approximate surface area is 140 Å². The molecule has 0 aliphatic carbocycles. The Hall–Kier alpha value is -3.21. The summed E-state index contributed by atoms with van der Waals surface area (Å²) >= 11 is 0. The average Bonchev–Trinajstić information content (AvgIpc) is 2.62. The molecule has 4 nitrogen and oxygen atoms in total. The highest BCUT2D eigenvalue weighted by Gasteiger charge is 2.08. The van der Waals surface area contributed by atoms with E-state index in [1.807, 2.05) is 30.3 Å². The van der Waals surface area contributed by atoms with Crippen LogP contribution in [0, 0.1) is 5.82 Å². The number of anilines is 3. The van der Waals surface area contributed by atoms with Gasteiger partial charge in [0.25, 0.3) is 0 Å². The second-order valence-electron chi connectivity index (χ2n) is 5.10. The summed E-state index contributed by atoms with van der Waals surface area (Å²) in [7, 11) is 0. The van der Waals surface area contributed by atoms with E-state index < -0.39 is 0 Å². The van der Waals surface area contributed by atoms with Crippen LogP contribution >= 0.6 is 0 Å². The lowest BCUT2D eigenvalue weighted by Crippen LogP contribution is -2.05. The van der Waals surface area contributed by atoms with Crippen molar-refractivity contribution in [3.05, 3.63) is 79.1 Å². The Kier molecular flexibility index (Phi) is 4.81. The average molecular weight is 320 g/mol. The third-order valence-electron chi connectivity index (χ3n) is 3.32. The second-order valence-corrected chi connectivity index (χ2v) is 5.10. The number of benzene rings is 2. The van der Waals surface area contributed by atoms with Gasteiger partial charge in [0.15, 0.2) is 5.82 Å². The summed E-state index contributed by atoms with van der Waals surface area (Å²) in [5.41, 5.74) is 1.25. The predicted octanol–water partition coefficient (Wildman–Crippen LogP) is 4.62. The third-order valence-corrected chi connectivity index (χ3v) is 3.32. The second kappa shape index (κ2) is 7.37. The molecular weight excluding hydrogens is 303 g/mol. The SMILES string of the molecule is C=CCNc1cc(Nc2ccccc2F)nc(-c2ccccc2)n1. The lowest BCUT2D eigenvalue weighted by atomic mass is 10.2. The van der Waals surface area contributed by atoms with Crippen LogP contribution in [0.2, 0.25) is 0 Å². The number of rotatable bonds is 6. The maximum atomic E-state index is 13.9. The minimum atomic E-state index is -0.335. The Bertz CT molecular complexity index is 834. The van der Waals surface area contributed by atoms with Crippen molar-refractivity contribution in [2.24, 2.45) is 0 Å². The van der Waals surface area contributed by atoms with E-state index in [9.17, 15) is 4.39 Å². The van der Waals surface area contributed by atoms with Crippen LogP contribution in [0.1, 0.15) is 0 Å². The van der Waals surface area contributed by atoms with Crippen molar-refractivity contribution in [3.63, 3.8) is 0 Å². The van der Waals surface area contributed by atoms with Crippen LogP contribution in [0.5, 0.6) is 0 Å². The van der Waals surface area contributed by atoms with E-state index >= 15 is 0 Å². The number of hydrogen-bond donors (Lipinski definition) is 2. The molecule has 24 heavy (non-hydrogen) atoms. The zero-order chi connectivity index (χ0) is 16.8. The van der Waals surface area contributed by atoms with Crippen molar-refractivity contribution in [3.8, 4) is 11.4 Å². The standard InChI is InChI=1S/C19H17FN4/c1-2-12-21-17-13-18(22-16-11-7-6-10-15(16)20)24-19(23-17)14-8-4-3-5-9-14/h2-11,13H,1,12H2,(H2,21,22,23,24). The van der Waals surface area contributed by atoms with Crippen LogP contribution in [0.15, 0.2) is 73.3 Å². The summed E-state index contributed by atoms with van der Waals surface area (Å²) in [6, 6.07) is 17.9. The highest BCUT2D eigenvalue weighted by Crippen LogP contribution is 2.23. The van der Waals surface area contributed by atoms with Gasteiger partial charge in [0.05, 0.1) is 5.69 Å². The number of halogens is 1. The largest absolute Gasteiger partial charge is 0.366 e. The fourth-order valence-electron chi connectivity index (χ4n) is 2.20. The van der Waals surface area contributed by atoms with Crippen molar-refractivity contribution in [2.45, 2.75) is 0 Å². The van der Waals surface area contributed by atoms with Gasteiger partial charge >= 0.3 is 0 Å². The van der Waals surface area contributed by atoms with E-state index in [1.165, 1.54) is 6.07 Å². The molecule has 120 valence electrons. The Morgan fingerprint density at radius 3 is 2.42 bits per heavy atom. The molecule has 3 aromatic rings. The highest BCUT2D eigenvalue weighted by atomic mass is 19.1. The predicted molar refractivity (Wildman–Crippen MR) is 95.8 cm³/mol. The van der Waals surface area contributed by atoms with E-state index in [0.29, 0.717) is 29.7 Å². The van der Waals surface area contributed by atoms with Gasteiger partial charge in [-0.3, -0.25) is 0 Å². The molecule has 2 aromatic carbocycles. The van der Waals surface area contributed by atoms with Crippen LogP contribution in [0.4, 0.5) is 21.7 Å². The van der Waals surface area contributed by atoms with Crippen molar-refractivity contribution in [1.29, 1.82) is 0 Å². The summed E-state index contributed by atoms with van der Waals surface area (Å²) in [5, 5.41) is 6.15. The number of aromatic nitrogens is 2. The zero-order valence-corrected chi connectivity index (χ0v) is 13.0. The molecule has 0 saturated heterocycles. The smallest absolute Gasteiger partial charge is 0.163 e. The lowest BCUT2D eigenvalue weighted by molar-refractivity contribution is 0.632. The molecular formula is C19H17FN4. The molecule has 0 amide bonds. The van der Waals surface area contributed by atoms with Gasteiger partial charge in [-0.25, -0.2) is 14.4 Å². The summed E-state index contributed by atoms with van der Waals surface area (Å²) in [6.45, 7) is 4.26. The molecule has 0 aliphatic heterocycles. The molecule has 1 aromatic heterocycles. The number of nitrogens with one attached hydrogen (secondary N) is 2.